The van der Waals surface area contributed by atoms with Gasteiger partial charge in [0.1, 0.15) is 17.3 Å². The van der Waals surface area contributed by atoms with Gasteiger partial charge in [0.15, 0.2) is 5.82 Å². The van der Waals surface area contributed by atoms with Crippen LogP contribution in [0.1, 0.15) is 16.1 Å². The first-order valence-electron chi connectivity index (χ1n) is 9.54. The molecule has 0 saturated carbocycles. The summed E-state index contributed by atoms with van der Waals surface area (Å²) >= 11 is 0. The Hall–Kier alpha value is -4.00. The highest BCUT2D eigenvalue weighted by molar-refractivity contribution is 5.97. The van der Waals surface area contributed by atoms with Gasteiger partial charge in [0.2, 0.25) is 0 Å². The Labute approximate surface area is 171 Å². The van der Waals surface area contributed by atoms with Gasteiger partial charge in [0.25, 0.3) is 5.91 Å². The third kappa shape index (κ3) is 3.30. The molecule has 0 atom stereocenters. The van der Waals surface area contributed by atoms with Crippen molar-refractivity contribution < 1.29 is 13.9 Å². The summed E-state index contributed by atoms with van der Waals surface area (Å²) in [5.41, 5.74) is 2.90. The number of nitrogens with one attached hydrogen (secondary N) is 2. The molecule has 1 aliphatic rings. The van der Waals surface area contributed by atoms with Crippen LogP contribution in [0.3, 0.4) is 0 Å². The van der Waals surface area contributed by atoms with E-state index in [-0.39, 0.29) is 17.3 Å². The number of aromatic amines is 1. The first-order chi connectivity index (χ1) is 14.7. The van der Waals surface area contributed by atoms with Gasteiger partial charge in [-0.15, -0.1) is 0 Å². The van der Waals surface area contributed by atoms with E-state index in [1.165, 1.54) is 6.07 Å². The number of rotatable bonds is 4. The van der Waals surface area contributed by atoms with E-state index in [9.17, 15) is 9.18 Å². The molecule has 2 N–H and O–H groups in total. The van der Waals surface area contributed by atoms with Gasteiger partial charge in [0.05, 0.1) is 22.5 Å². The minimum atomic E-state index is -0.481. The lowest BCUT2D eigenvalue weighted by molar-refractivity contribution is 0.0946. The second-order valence-corrected chi connectivity index (χ2v) is 6.87. The van der Waals surface area contributed by atoms with Crippen LogP contribution in [0.4, 0.5) is 4.39 Å². The predicted octanol–water partition coefficient (Wildman–Crippen LogP) is 4.36. The van der Waals surface area contributed by atoms with Gasteiger partial charge in [-0.2, -0.15) is 0 Å². The molecule has 0 saturated heterocycles. The maximum atomic E-state index is 14.8. The number of H-pyrrole nitrogens is 1. The number of carbonyl (C=O) groups is 1. The van der Waals surface area contributed by atoms with Crippen molar-refractivity contribution in [2.75, 3.05) is 6.54 Å². The van der Waals surface area contributed by atoms with Crippen molar-refractivity contribution in [1.29, 1.82) is 0 Å². The highest BCUT2D eigenvalue weighted by Crippen LogP contribution is 2.34. The molecule has 5 rings (SSSR count). The van der Waals surface area contributed by atoms with E-state index < -0.39 is 5.82 Å². The van der Waals surface area contributed by atoms with Gasteiger partial charge >= 0.3 is 0 Å². The van der Waals surface area contributed by atoms with Gasteiger partial charge in [0, 0.05) is 24.9 Å². The topological polar surface area (TPSA) is 79.9 Å². The summed E-state index contributed by atoms with van der Waals surface area (Å²) in [6.07, 6.45) is 2.29. The summed E-state index contributed by atoms with van der Waals surface area (Å²) in [5.74, 6) is 0.520. The summed E-state index contributed by atoms with van der Waals surface area (Å²) in [5, 5.41) is 2.82. The molecular weight excluding hydrogens is 383 g/mol. The molecule has 0 spiro atoms. The number of nitrogens with zero attached hydrogens (tertiary/aromatic N) is 2. The van der Waals surface area contributed by atoms with Crippen molar-refractivity contribution in [2.45, 2.75) is 6.42 Å². The number of amides is 1. The summed E-state index contributed by atoms with van der Waals surface area (Å²) in [6, 6.07) is 17.2. The Morgan fingerprint density at radius 2 is 1.90 bits per heavy atom. The first-order valence-corrected chi connectivity index (χ1v) is 9.54. The second kappa shape index (κ2) is 7.44. The van der Waals surface area contributed by atoms with Crippen LogP contribution in [0.25, 0.3) is 22.8 Å². The number of hydrogen-bond donors (Lipinski definition) is 2. The molecule has 7 heteroatoms. The molecule has 3 heterocycles. The molecule has 4 aromatic rings. The minimum Gasteiger partial charge on any atom is -0.456 e. The number of hydrogen-bond acceptors (Lipinski definition) is 4. The smallest absolute Gasteiger partial charge is 0.253 e. The van der Waals surface area contributed by atoms with Crippen molar-refractivity contribution in [1.82, 2.24) is 20.3 Å². The number of aromatic nitrogens is 3. The highest BCUT2D eigenvalue weighted by Gasteiger charge is 2.21. The van der Waals surface area contributed by atoms with Crippen LogP contribution in [0.2, 0.25) is 0 Å². The molecule has 0 unspecified atom stereocenters. The van der Waals surface area contributed by atoms with Crippen molar-refractivity contribution in [3.8, 4) is 34.3 Å². The first kappa shape index (κ1) is 18.1. The molecule has 0 radical (unpaired) electrons. The third-order valence-electron chi connectivity index (χ3n) is 4.91. The standard InChI is InChI=1S/C23H17FN4O2/c24-16-7-4-8-20(30-14-5-2-1-3-6-14)21(16)22-25-11-10-18(28-22)19-13-15-17(27-19)9-12-26-23(15)29/h1-8,10-11,13,27H,9,12H2,(H,26,29). The zero-order chi connectivity index (χ0) is 20.5. The Morgan fingerprint density at radius 3 is 2.73 bits per heavy atom. The lowest BCUT2D eigenvalue weighted by Crippen LogP contribution is -2.31. The average molecular weight is 400 g/mol. The Morgan fingerprint density at radius 1 is 1.03 bits per heavy atom. The monoisotopic (exact) mass is 400 g/mol. The van der Waals surface area contributed by atoms with Crippen LogP contribution in [0.5, 0.6) is 11.5 Å². The molecule has 148 valence electrons. The van der Waals surface area contributed by atoms with E-state index in [2.05, 4.69) is 20.3 Å². The number of ether oxygens (including phenoxy) is 1. The number of halogens is 1. The highest BCUT2D eigenvalue weighted by atomic mass is 19.1. The fourth-order valence-corrected chi connectivity index (χ4v) is 3.48. The van der Waals surface area contributed by atoms with Gasteiger partial charge in [-0.3, -0.25) is 4.79 Å². The molecule has 2 aromatic carbocycles. The molecule has 30 heavy (non-hydrogen) atoms. The molecule has 0 fully saturated rings. The molecule has 0 bridgehead atoms. The van der Waals surface area contributed by atoms with Crippen LogP contribution < -0.4 is 10.1 Å². The lowest BCUT2D eigenvalue weighted by atomic mass is 10.1. The van der Waals surface area contributed by atoms with Crippen molar-refractivity contribution in [3.05, 3.63) is 83.9 Å². The largest absolute Gasteiger partial charge is 0.456 e. The predicted molar refractivity (Wildman–Crippen MR) is 110 cm³/mol. The van der Waals surface area contributed by atoms with E-state index >= 15 is 0 Å². The summed E-state index contributed by atoms with van der Waals surface area (Å²) in [4.78, 5) is 24.1. The summed E-state index contributed by atoms with van der Waals surface area (Å²) in [6.45, 7) is 0.593. The number of benzene rings is 2. The van der Waals surface area contributed by atoms with Crippen LogP contribution in [-0.4, -0.2) is 27.4 Å². The van der Waals surface area contributed by atoms with E-state index in [1.54, 1.807) is 42.6 Å². The maximum absolute atomic E-state index is 14.8. The molecular formula is C23H17FN4O2. The molecule has 2 aromatic heterocycles. The second-order valence-electron chi connectivity index (χ2n) is 6.87. The SMILES string of the molecule is O=C1NCCc2[nH]c(-c3ccnc(-c4c(F)cccc4Oc4ccccc4)n3)cc21. The fraction of sp³-hybridized carbons (Fsp3) is 0.0870. The van der Waals surface area contributed by atoms with Gasteiger partial charge in [-0.25, -0.2) is 14.4 Å². The van der Waals surface area contributed by atoms with E-state index in [0.717, 1.165) is 12.1 Å². The van der Waals surface area contributed by atoms with Gasteiger partial charge in [-0.05, 0) is 36.4 Å². The van der Waals surface area contributed by atoms with Crippen molar-refractivity contribution in [3.63, 3.8) is 0 Å². The van der Waals surface area contributed by atoms with E-state index in [1.807, 2.05) is 18.2 Å². The number of para-hydroxylation sites is 1. The van der Waals surface area contributed by atoms with Gasteiger partial charge < -0.3 is 15.0 Å². The summed E-state index contributed by atoms with van der Waals surface area (Å²) in [7, 11) is 0. The van der Waals surface area contributed by atoms with Crippen LogP contribution >= 0.6 is 0 Å². The van der Waals surface area contributed by atoms with Crippen molar-refractivity contribution in [2.24, 2.45) is 0 Å². The van der Waals surface area contributed by atoms with Crippen LogP contribution in [0.15, 0.2) is 66.9 Å². The quantitative estimate of drug-likeness (QED) is 0.534. The minimum absolute atomic E-state index is 0.110. The van der Waals surface area contributed by atoms with E-state index in [4.69, 9.17) is 4.74 Å². The Kier molecular flexibility index (Phi) is 4.48. The lowest BCUT2D eigenvalue weighted by Gasteiger charge is -2.11. The third-order valence-corrected chi connectivity index (χ3v) is 4.91. The molecule has 1 amide bonds. The molecule has 6 nitrogen and oxygen atoms in total. The number of fused-ring (bicyclic) bond motifs is 1. The maximum Gasteiger partial charge on any atom is 0.253 e. The molecule has 1 aliphatic heterocycles. The summed E-state index contributed by atoms with van der Waals surface area (Å²) < 4.78 is 20.7. The van der Waals surface area contributed by atoms with Gasteiger partial charge in [-0.1, -0.05) is 24.3 Å². The van der Waals surface area contributed by atoms with Crippen molar-refractivity contribution >= 4 is 5.91 Å². The van der Waals surface area contributed by atoms with Crippen LogP contribution in [0, 0.1) is 5.82 Å². The van der Waals surface area contributed by atoms with E-state index in [0.29, 0.717) is 35.0 Å². The zero-order valence-corrected chi connectivity index (χ0v) is 15.9. The Balaban J connectivity index is 1.56. The fourth-order valence-electron chi connectivity index (χ4n) is 3.48. The normalized spacial score (nSPS) is 12.9. The zero-order valence-electron chi connectivity index (χ0n) is 15.9. The molecule has 0 aliphatic carbocycles. The Bertz CT molecular complexity index is 1240. The average Bonchev–Trinajstić information content (AvgIpc) is 3.21. The van der Waals surface area contributed by atoms with Crippen LogP contribution in [-0.2, 0) is 6.42 Å². The number of carbonyl (C=O) groups excluding carboxylic acids is 1.